The van der Waals surface area contributed by atoms with E-state index < -0.39 is 0 Å². The van der Waals surface area contributed by atoms with Crippen molar-refractivity contribution in [1.82, 2.24) is 9.97 Å². The van der Waals surface area contributed by atoms with Gasteiger partial charge >= 0.3 is 0 Å². The number of nitrogens with zero attached hydrogens (tertiary/aromatic N) is 2. The highest BCUT2D eigenvalue weighted by Gasteiger charge is 2.53. The van der Waals surface area contributed by atoms with Crippen molar-refractivity contribution in [1.29, 1.82) is 0 Å². The minimum Gasteiger partial charge on any atom is -0.351 e. The van der Waals surface area contributed by atoms with Gasteiger partial charge in [-0.25, -0.2) is 14.4 Å². The Kier molecular flexibility index (Phi) is 2.76. The smallest absolute Gasteiger partial charge is 0.223 e. The Balaban J connectivity index is 1.53. The van der Waals surface area contributed by atoms with E-state index in [-0.39, 0.29) is 5.82 Å². The van der Waals surface area contributed by atoms with Gasteiger partial charge in [0.05, 0.1) is 12.4 Å². The molecule has 4 aliphatic carbocycles. The van der Waals surface area contributed by atoms with Crippen LogP contribution < -0.4 is 5.32 Å². The summed E-state index contributed by atoms with van der Waals surface area (Å²) in [6.07, 6.45) is 10.9. The number of anilines is 1. The summed E-state index contributed by atoms with van der Waals surface area (Å²) in [5.41, 5.74) is 0.423. The zero-order valence-electron chi connectivity index (χ0n) is 12.0. The number of rotatable bonds is 3. The molecule has 5 rings (SSSR count). The second-order valence-corrected chi connectivity index (χ2v) is 7.37. The van der Waals surface area contributed by atoms with E-state index in [1.54, 1.807) is 0 Å². The molecule has 4 fully saturated rings. The van der Waals surface area contributed by atoms with Gasteiger partial charge in [0.25, 0.3) is 0 Å². The minimum atomic E-state index is -0.377. The van der Waals surface area contributed by atoms with Crippen LogP contribution >= 0.6 is 0 Å². The van der Waals surface area contributed by atoms with Crippen molar-refractivity contribution in [3.05, 3.63) is 18.2 Å². The van der Waals surface area contributed by atoms with E-state index >= 15 is 0 Å². The molecule has 20 heavy (non-hydrogen) atoms. The van der Waals surface area contributed by atoms with E-state index in [0.717, 1.165) is 17.8 Å². The summed E-state index contributed by atoms with van der Waals surface area (Å²) >= 11 is 0. The molecule has 0 spiro atoms. The lowest BCUT2D eigenvalue weighted by Gasteiger charge is -2.59. The highest BCUT2D eigenvalue weighted by Crippen LogP contribution is 2.61. The molecular formula is C16H22FN3. The van der Waals surface area contributed by atoms with E-state index in [4.69, 9.17) is 0 Å². The maximum absolute atomic E-state index is 12.9. The second kappa shape index (κ2) is 4.40. The predicted molar refractivity (Wildman–Crippen MR) is 75.7 cm³/mol. The van der Waals surface area contributed by atoms with Gasteiger partial charge in [0.15, 0.2) is 5.82 Å². The maximum Gasteiger partial charge on any atom is 0.223 e. The summed E-state index contributed by atoms with van der Waals surface area (Å²) in [7, 11) is 0. The summed E-state index contributed by atoms with van der Waals surface area (Å²) in [5.74, 6) is 3.02. The highest BCUT2D eigenvalue weighted by molar-refractivity contribution is 5.26. The summed E-state index contributed by atoms with van der Waals surface area (Å²) in [6.45, 7) is 2.26. The fourth-order valence-corrected chi connectivity index (χ4v) is 5.44. The average molecular weight is 275 g/mol. The fraction of sp³-hybridized carbons (Fsp3) is 0.750. The van der Waals surface area contributed by atoms with Crippen molar-refractivity contribution in [3.8, 4) is 0 Å². The fourth-order valence-electron chi connectivity index (χ4n) is 5.44. The van der Waals surface area contributed by atoms with E-state index in [9.17, 15) is 4.39 Å². The van der Waals surface area contributed by atoms with Crippen LogP contribution in [0.4, 0.5) is 10.3 Å². The topological polar surface area (TPSA) is 37.8 Å². The van der Waals surface area contributed by atoms with Crippen LogP contribution in [-0.4, -0.2) is 16.0 Å². The average Bonchev–Trinajstić information content (AvgIpc) is 2.40. The molecule has 1 unspecified atom stereocenters. The van der Waals surface area contributed by atoms with Gasteiger partial charge in [0, 0.05) is 6.04 Å². The first kappa shape index (κ1) is 12.5. The lowest BCUT2D eigenvalue weighted by Crippen LogP contribution is -2.53. The molecule has 0 amide bonds. The van der Waals surface area contributed by atoms with E-state index in [1.165, 1.54) is 50.9 Å². The van der Waals surface area contributed by atoms with Crippen LogP contribution in [0.2, 0.25) is 0 Å². The maximum atomic E-state index is 12.9. The standard InChI is InChI=1S/C16H22FN3/c1-10(20-15-18-8-14(17)9-19-15)16-5-11-2-12(6-16)4-13(3-11)7-16/h8-13H,2-7H2,1H3,(H,18,19,20). The van der Waals surface area contributed by atoms with Crippen LogP contribution in [0.25, 0.3) is 0 Å². The molecule has 4 aliphatic rings. The monoisotopic (exact) mass is 275 g/mol. The number of hydrogen-bond donors (Lipinski definition) is 1. The van der Waals surface area contributed by atoms with Gasteiger partial charge in [-0.05, 0) is 68.6 Å². The molecule has 0 aliphatic heterocycles. The van der Waals surface area contributed by atoms with Gasteiger partial charge in [-0.2, -0.15) is 0 Å². The first-order valence-corrected chi connectivity index (χ1v) is 7.87. The largest absolute Gasteiger partial charge is 0.351 e. The zero-order valence-corrected chi connectivity index (χ0v) is 12.0. The Bertz CT molecular complexity index is 464. The molecule has 0 radical (unpaired) electrons. The highest BCUT2D eigenvalue weighted by atomic mass is 19.1. The summed E-state index contributed by atoms with van der Waals surface area (Å²) in [4.78, 5) is 8.10. The molecule has 1 N–H and O–H groups in total. The Hall–Kier alpha value is -1.19. The molecule has 1 heterocycles. The second-order valence-electron chi connectivity index (χ2n) is 7.37. The van der Waals surface area contributed by atoms with Crippen LogP contribution in [0.3, 0.4) is 0 Å². The van der Waals surface area contributed by atoms with Crippen molar-refractivity contribution in [3.63, 3.8) is 0 Å². The van der Waals surface area contributed by atoms with Crippen molar-refractivity contribution >= 4 is 5.95 Å². The van der Waals surface area contributed by atoms with Gasteiger partial charge in [0.2, 0.25) is 5.95 Å². The number of halogens is 1. The van der Waals surface area contributed by atoms with E-state index in [0.29, 0.717) is 17.4 Å². The van der Waals surface area contributed by atoms with Crippen LogP contribution in [0.5, 0.6) is 0 Å². The number of nitrogens with one attached hydrogen (secondary N) is 1. The van der Waals surface area contributed by atoms with Crippen LogP contribution in [0.1, 0.15) is 45.4 Å². The Morgan fingerprint density at radius 3 is 2.10 bits per heavy atom. The van der Waals surface area contributed by atoms with Gasteiger partial charge in [-0.15, -0.1) is 0 Å². The molecule has 4 saturated carbocycles. The first-order chi connectivity index (χ1) is 9.63. The molecule has 1 atom stereocenters. The minimum absolute atomic E-state index is 0.376. The Morgan fingerprint density at radius 1 is 1.10 bits per heavy atom. The van der Waals surface area contributed by atoms with E-state index in [1.807, 2.05) is 0 Å². The number of aromatic nitrogens is 2. The molecule has 3 nitrogen and oxygen atoms in total. The normalized spacial score (nSPS) is 39.8. The van der Waals surface area contributed by atoms with Crippen LogP contribution in [0.15, 0.2) is 12.4 Å². The predicted octanol–water partition coefficient (Wildman–Crippen LogP) is 3.63. The molecule has 0 saturated heterocycles. The van der Waals surface area contributed by atoms with Crippen molar-refractivity contribution in [2.45, 2.75) is 51.5 Å². The summed E-state index contributed by atoms with van der Waals surface area (Å²) < 4.78 is 12.9. The summed E-state index contributed by atoms with van der Waals surface area (Å²) in [6, 6.07) is 0.376. The van der Waals surface area contributed by atoms with Crippen molar-refractivity contribution < 1.29 is 4.39 Å². The third kappa shape index (κ3) is 2.00. The van der Waals surface area contributed by atoms with Crippen molar-refractivity contribution in [2.75, 3.05) is 5.32 Å². The van der Waals surface area contributed by atoms with Gasteiger partial charge in [0.1, 0.15) is 0 Å². The van der Waals surface area contributed by atoms with Gasteiger partial charge in [-0.1, -0.05) is 0 Å². The van der Waals surface area contributed by atoms with Crippen molar-refractivity contribution in [2.24, 2.45) is 23.2 Å². The lowest BCUT2D eigenvalue weighted by molar-refractivity contribution is -0.0603. The zero-order chi connectivity index (χ0) is 13.7. The quantitative estimate of drug-likeness (QED) is 0.915. The lowest BCUT2D eigenvalue weighted by atomic mass is 9.48. The third-order valence-electron chi connectivity index (χ3n) is 5.97. The van der Waals surface area contributed by atoms with Crippen LogP contribution in [0, 0.1) is 29.0 Å². The Labute approximate surface area is 119 Å². The number of hydrogen-bond acceptors (Lipinski definition) is 3. The molecule has 108 valence electrons. The SMILES string of the molecule is CC(Nc1ncc(F)cn1)C12CC3CC(CC(C3)C1)C2. The molecule has 4 heteroatoms. The first-order valence-electron chi connectivity index (χ1n) is 7.87. The van der Waals surface area contributed by atoms with Gasteiger partial charge < -0.3 is 5.32 Å². The van der Waals surface area contributed by atoms with Crippen LogP contribution in [-0.2, 0) is 0 Å². The molecule has 4 bridgehead atoms. The molecular weight excluding hydrogens is 253 g/mol. The molecule has 1 aromatic heterocycles. The molecule has 1 aromatic rings. The third-order valence-corrected chi connectivity index (χ3v) is 5.97. The Morgan fingerprint density at radius 2 is 1.60 bits per heavy atom. The van der Waals surface area contributed by atoms with E-state index in [2.05, 4.69) is 22.2 Å². The van der Waals surface area contributed by atoms with Gasteiger partial charge in [-0.3, -0.25) is 0 Å². The molecule has 0 aromatic carbocycles. The summed E-state index contributed by atoms with van der Waals surface area (Å²) in [5, 5.41) is 3.44.